The molecule has 3 aromatic rings. The van der Waals surface area contributed by atoms with Gasteiger partial charge in [-0.15, -0.1) is 0 Å². The highest BCUT2D eigenvalue weighted by Crippen LogP contribution is 2.64. The number of unbranched alkanes of at least 4 members (excludes halogenated alkanes) is 4. The first-order valence-corrected chi connectivity index (χ1v) is 19.0. The molecule has 0 amide bonds. The quantitative estimate of drug-likeness (QED) is 0.0889. The number of piperidine rings is 1. The van der Waals surface area contributed by atoms with Gasteiger partial charge in [0.15, 0.2) is 11.5 Å². The Morgan fingerprint density at radius 3 is 2.16 bits per heavy atom. The minimum absolute atomic E-state index is 0.0196. The van der Waals surface area contributed by atoms with Gasteiger partial charge in [0.1, 0.15) is 11.9 Å². The molecule has 2 bridgehead atoms. The van der Waals surface area contributed by atoms with E-state index in [-0.39, 0.29) is 23.3 Å². The second kappa shape index (κ2) is 15.2. The predicted octanol–water partition coefficient (Wildman–Crippen LogP) is 7.74. The number of esters is 1. The van der Waals surface area contributed by atoms with Crippen LogP contribution in [0.1, 0.15) is 93.9 Å². The van der Waals surface area contributed by atoms with Gasteiger partial charge in [-0.2, -0.15) is 0 Å². The van der Waals surface area contributed by atoms with Gasteiger partial charge in [-0.05, 0) is 119 Å². The number of nitrogens with zero attached hydrogens (tertiary/aromatic N) is 2. The molecule has 2 aliphatic heterocycles. The molecule has 1 saturated carbocycles. The summed E-state index contributed by atoms with van der Waals surface area (Å²) < 4.78 is 13.0. The SMILES string of the molecule is CC(=O)CN1CC[C@]23c4c5ccc(OC(C)=O)c4O[C@H]2[C@@H](N(CCCCCCc2ccccc2)CCCCc2ccccc2)CC[C@H]3[C@H]1C5. The van der Waals surface area contributed by atoms with Gasteiger partial charge >= 0.3 is 5.97 Å². The van der Waals surface area contributed by atoms with E-state index in [0.29, 0.717) is 30.3 Å². The molecule has 2 heterocycles. The lowest BCUT2D eigenvalue weighted by molar-refractivity contribution is -0.132. The van der Waals surface area contributed by atoms with Crippen LogP contribution in [-0.4, -0.2) is 65.9 Å². The third-order valence-corrected chi connectivity index (χ3v) is 12.0. The molecule has 260 valence electrons. The Balaban J connectivity index is 1.12. The molecule has 4 aliphatic rings. The summed E-state index contributed by atoms with van der Waals surface area (Å²) >= 11 is 0. The zero-order valence-corrected chi connectivity index (χ0v) is 29.6. The van der Waals surface area contributed by atoms with Crippen molar-refractivity contribution in [1.82, 2.24) is 9.80 Å². The van der Waals surface area contributed by atoms with E-state index in [2.05, 4.69) is 76.5 Å². The van der Waals surface area contributed by atoms with E-state index in [1.165, 1.54) is 61.3 Å². The number of ether oxygens (including phenoxy) is 2. The topological polar surface area (TPSA) is 59.1 Å². The molecular formula is C43H54N2O4. The van der Waals surface area contributed by atoms with Crippen LogP contribution in [0.15, 0.2) is 72.8 Å². The molecule has 7 rings (SSSR count). The van der Waals surface area contributed by atoms with Crippen LogP contribution in [0.2, 0.25) is 0 Å². The van der Waals surface area contributed by atoms with Crippen LogP contribution in [0.5, 0.6) is 11.5 Å². The van der Waals surface area contributed by atoms with Gasteiger partial charge in [-0.1, -0.05) is 79.6 Å². The summed E-state index contributed by atoms with van der Waals surface area (Å²) in [6, 6.07) is 26.5. The second-order valence-electron chi connectivity index (χ2n) is 15.2. The van der Waals surface area contributed by atoms with Crippen LogP contribution in [0.25, 0.3) is 0 Å². The van der Waals surface area contributed by atoms with E-state index >= 15 is 0 Å². The third kappa shape index (κ3) is 7.09. The molecule has 3 aromatic carbocycles. The Bertz CT molecular complexity index is 1590. The lowest BCUT2D eigenvalue weighted by Crippen LogP contribution is -2.69. The van der Waals surface area contributed by atoms with E-state index in [9.17, 15) is 9.59 Å². The van der Waals surface area contributed by atoms with Gasteiger partial charge in [-0.25, -0.2) is 0 Å². The van der Waals surface area contributed by atoms with Gasteiger partial charge in [0.2, 0.25) is 0 Å². The van der Waals surface area contributed by atoms with Gasteiger partial charge < -0.3 is 9.47 Å². The molecule has 6 heteroatoms. The highest BCUT2D eigenvalue weighted by atomic mass is 16.6. The third-order valence-electron chi connectivity index (χ3n) is 12.0. The number of Topliss-reactive ketones (excluding diaryl/α,β-unsaturated/α-hetero) is 1. The number of carbonyl (C=O) groups excluding carboxylic acids is 2. The Labute approximate surface area is 293 Å². The summed E-state index contributed by atoms with van der Waals surface area (Å²) in [5.74, 6) is 1.76. The summed E-state index contributed by atoms with van der Waals surface area (Å²) in [4.78, 5) is 29.9. The van der Waals surface area contributed by atoms with E-state index in [1.54, 1.807) is 6.92 Å². The average Bonchev–Trinajstić information content (AvgIpc) is 3.45. The zero-order valence-electron chi connectivity index (χ0n) is 29.6. The summed E-state index contributed by atoms with van der Waals surface area (Å²) in [5, 5.41) is 0. The van der Waals surface area contributed by atoms with Crippen LogP contribution in [0.4, 0.5) is 0 Å². The molecule has 1 spiro atoms. The van der Waals surface area contributed by atoms with Crippen molar-refractivity contribution in [2.24, 2.45) is 5.92 Å². The summed E-state index contributed by atoms with van der Waals surface area (Å²) in [6.45, 7) is 6.79. The fraction of sp³-hybridized carbons (Fsp3) is 0.535. The number of hydrogen-bond acceptors (Lipinski definition) is 6. The van der Waals surface area contributed by atoms with E-state index in [4.69, 9.17) is 9.47 Å². The zero-order chi connectivity index (χ0) is 33.8. The molecule has 0 unspecified atom stereocenters. The number of benzene rings is 3. The lowest BCUT2D eigenvalue weighted by Gasteiger charge is -2.60. The maximum atomic E-state index is 12.4. The Morgan fingerprint density at radius 1 is 0.837 bits per heavy atom. The summed E-state index contributed by atoms with van der Waals surface area (Å²) in [7, 11) is 0. The summed E-state index contributed by atoms with van der Waals surface area (Å²) in [5.41, 5.74) is 5.37. The molecule has 6 nitrogen and oxygen atoms in total. The fourth-order valence-corrected chi connectivity index (χ4v) is 10.1. The van der Waals surface area contributed by atoms with Crippen LogP contribution < -0.4 is 9.47 Å². The number of rotatable bonds is 16. The molecule has 1 saturated heterocycles. The normalized spacial score (nSPS) is 25.1. The highest BCUT2D eigenvalue weighted by Gasteiger charge is 2.66. The largest absolute Gasteiger partial charge is 0.484 e. The van der Waals surface area contributed by atoms with Crippen molar-refractivity contribution >= 4 is 11.8 Å². The molecule has 49 heavy (non-hydrogen) atoms. The highest BCUT2D eigenvalue weighted by molar-refractivity contribution is 5.78. The fourth-order valence-electron chi connectivity index (χ4n) is 10.1. The van der Waals surface area contributed by atoms with Crippen LogP contribution in [0, 0.1) is 5.92 Å². The van der Waals surface area contributed by atoms with Crippen LogP contribution in [-0.2, 0) is 34.3 Å². The maximum absolute atomic E-state index is 12.4. The number of likely N-dealkylation sites (tertiary alicyclic amines) is 1. The molecule has 0 aromatic heterocycles. The molecule has 5 atom stereocenters. The molecule has 0 radical (unpaired) electrons. The van der Waals surface area contributed by atoms with Gasteiger partial charge in [0.05, 0.1) is 6.54 Å². The van der Waals surface area contributed by atoms with E-state index in [0.717, 1.165) is 70.3 Å². The number of aryl methyl sites for hydroxylation is 2. The van der Waals surface area contributed by atoms with Crippen molar-refractivity contribution in [1.29, 1.82) is 0 Å². The van der Waals surface area contributed by atoms with E-state index < -0.39 is 0 Å². The van der Waals surface area contributed by atoms with E-state index in [1.807, 2.05) is 6.07 Å². The minimum Gasteiger partial charge on any atom is -0.484 e. The Kier molecular flexibility index (Phi) is 10.5. The van der Waals surface area contributed by atoms with Crippen LogP contribution >= 0.6 is 0 Å². The van der Waals surface area contributed by atoms with Crippen molar-refractivity contribution in [3.63, 3.8) is 0 Å². The molecule has 0 N–H and O–H groups in total. The van der Waals surface area contributed by atoms with Gasteiger partial charge in [0.25, 0.3) is 0 Å². The van der Waals surface area contributed by atoms with Crippen LogP contribution in [0.3, 0.4) is 0 Å². The average molecular weight is 663 g/mol. The predicted molar refractivity (Wildman–Crippen MR) is 194 cm³/mol. The van der Waals surface area contributed by atoms with Gasteiger partial charge in [-0.3, -0.25) is 19.4 Å². The lowest BCUT2D eigenvalue weighted by atomic mass is 9.51. The number of carbonyl (C=O) groups is 2. The Hall–Kier alpha value is -3.48. The minimum atomic E-state index is -0.308. The smallest absolute Gasteiger partial charge is 0.308 e. The second-order valence-corrected chi connectivity index (χ2v) is 15.2. The van der Waals surface area contributed by atoms with Crippen molar-refractivity contribution < 1.29 is 19.1 Å². The standard InChI is InChI=1S/C43H54N2O4/c1-31(46)30-45-28-25-43-36-22-23-37(42(43)49-41-39(48-32(2)47)24-21-35(40(41)43)29-38(36)45)44(27-14-12-20-34-18-10-6-11-19-34)26-13-4-3-7-15-33-16-8-5-9-17-33/h5-6,8-11,16-19,21,24,36-38,42H,3-4,7,12-15,20,22-23,25-30H2,1-2H3/t36-,37-,38+,42-,43-/m0/s1. The van der Waals surface area contributed by atoms with Crippen molar-refractivity contribution in [3.8, 4) is 11.5 Å². The van der Waals surface area contributed by atoms with Crippen molar-refractivity contribution in [2.45, 2.75) is 114 Å². The van der Waals surface area contributed by atoms with Crippen molar-refractivity contribution in [3.05, 3.63) is 95.1 Å². The first kappa shape index (κ1) is 34.0. The molecular weight excluding hydrogens is 608 g/mol. The van der Waals surface area contributed by atoms with Gasteiger partial charge in [0, 0.05) is 30.0 Å². The Morgan fingerprint density at radius 2 is 1.49 bits per heavy atom. The number of hydrogen-bond donors (Lipinski definition) is 0. The molecule has 2 aliphatic carbocycles. The first-order chi connectivity index (χ1) is 23.9. The number of ketones is 1. The summed E-state index contributed by atoms with van der Waals surface area (Å²) in [6.07, 6.45) is 13.7. The first-order valence-electron chi connectivity index (χ1n) is 19.0. The monoisotopic (exact) mass is 662 g/mol. The molecule has 2 fully saturated rings. The maximum Gasteiger partial charge on any atom is 0.308 e. The van der Waals surface area contributed by atoms with Crippen molar-refractivity contribution in [2.75, 3.05) is 26.2 Å².